The van der Waals surface area contributed by atoms with E-state index in [1.165, 1.54) is 0 Å². The predicted molar refractivity (Wildman–Crippen MR) is 146 cm³/mol. The predicted octanol–water partition coefficient (Wildman–Crippen LogP) is 5.65. The molecule has 0 radical (unpaired) electrons. The highest BCUT2D eigenvalue weighted by Gasteiger charge is 2.22. The molecule has 0 unspecified atom stereocenters. The zero-order valence-corrected chi connectivity index (χ0v) is 21.9. The van der Waals surface area contributed by atoms with Crippen LogP contribution in [0.1, 0.15) is 48.3 Å². The van der Waals surface area contributed by atoms with E-state index in [1.807, 2.05) is 43.3 Å². The van der Waals surface area contributed by atoms with Gasteiger partial charge in [-0.2, -0.15) is 5.26 Å². The molecular weight excluding hydrogens is 484 g/mol. The van der Waals surface area contributed by atoms with Gasteiger partial charge in [0.2, 0.25) is 10.0 Å². The third kappa shape index (κ3) is 4.83. The fourth-order valence-electron chi connectivity index (χ4n) is 4.92. The Hall–Kier alpha value is -4.09. The summed E-state index contributed by atoms with van der Waals surface area (Å²) in [5, 5.41) is 9.73. The number of aryl methyl sites for hydroxylation is 1. The fraction of sp³-hybridized carbons (Fsp3) is 0.241. The van der Waals surface area contributed by atoms with Gasteiger partial charge < -0.3 is 9.30 Å². The topological polar surface area (TPSA) is 97.0 Å². The number of sulfonamides is 1. The van der Waals surface area contributed by atoms with Crippen LogP contribution in [0.3, 0.4) is 0 Å². The van der Waals surface area contributed by atoms with E-state index in [9.17, 15) is 13.7 Å². The molecule has 37 heavy (non-hydrogen) atoms. The van der Waals surface area contributed by atoms with Crippen molar-refractivity contribution < 1.29 is 13.2 Å². The number of allylic oxidation sites excluding steroid dienone is 1. The standard InChI is InChI=1S/C29H28N4O3S/c1-4-8-27-31-29-24(32-37(3,34)35)10-7-11-25(29)33(27)17-20-13-14-22-21(15-20)18-36-26-12-6-5-9-23(26)28(22)19(2)16-30/h5-7,9-15,32H,4,8,17-18H2,1-3H3/b28-19-. The van der Waals surface area contributed by atoms with E-state index in [2.05, 4.69) is 40.5 Å². The molecule has 0 fully saturated rings. The zero-order chi connectivity index (χ0) is 26.2. The first-order valence-electron chi connectivity index (χ1n) is 12.2. The molecule has 0 amide bonds. The normalized spacial score (nSPS) is 14.2. The molecule has 7 nitrogen and oxygen atoms in total. The van der Waals surface area contributed by atoms with Gasteiger partial charge in [-0.1, -0.05) is 43.3 Å². The van der Waals surface area contributed by atoms with E-state index in [4.69, 9.17) is 9.72 Å². The molecule has 5 rings (SSSR count). The van der Waals surface area contributed by atoms with Crippen molar-refractivity contribution in [2.45, 2.75) is 39.8 Å². The summed E-state index contributed by atoms with van der Waals surface area (Å²) < 4.78 is 34.7. The second-order valence-electron chi connectivity index (χ2n) is 9.30. The number of aromatic nitrogens is 2. The van der Waals surface area contributed by atoms with Gasteiger partial charge in [-0.3, -0.25) is 4.72 Å². The molecule has 0 saturated carbocycles. The molecule has 0 aliphatic carbocycles. The molecule has 0 spiro atoms. The van der Waals surface area contributed by atoms with Crippen LogP contribution in [0.5, 0.6) is 5.75 Å². The molecule has 2 heterocycles. The number of nitrogens with zero attached hydrogens (tertiary/aromatic N) is 3. The summed E-state index contributed by atoms with van der Waals surface area (Å²) in [6, 6.07) is 22.0. The van der Waals surface area contributed by atoms with Crippen LogP contribution in [0.25, 0.3) is 16.6 Å². The van der Waals surface area contributed by atoms with Gasteiger partial charge in [0, 0.05) is 29.7 Å². The first-order chi connectivity index (χ1) is 17.8. The van der Waals surface area contributed by atoms with E-state index < -0.39 is 10.0 Å². The first kappa shape index (κ1) is 24.6. The van der Waals surface area contributed by atoms with Crippen molar-refractivity contribution in [3.05, 3.63) is 94.3 Å². The van der Waals surface area contributed by atoms with E-state index in [-0.39, 0.29) is 0 Å². The number of anilines is 1. The van der Waals surface area contributed by atoms with Crippen LogP contribution < -0.4 is 9.46 Å². The highest BCUT2D eigenvalue weighted by atomic mass is 32.2. The molecule has 1 aliphatic heterocycles. The van der Waals surface area contributed by atoms with E-state index >= 15 is 0 Å². The van der Waals surface area contributed by atoms with Crippen LogP contribution in [0.2, 0.25) is 0 Å². The lowest BCUT2D eigenvalue weighted by atomic mass is 9.90. The number of imidazole rings is 1. The zero-order valence-electron chi connectivity index (χ0n) is 21.1. The Morgan fingerprint density at radius 1 is 1.14 bits per heavy atom. The van der Waals surface area contributed by atoms with Gasteiger partial charge in [-0.05, 0) is 54.3 Å². The fourth-order valence-corrected chi connectivity index (χ4v) is 5.48. The van der Waals surface area contributed by atoms with Crippen molar-refractivity contribution in [3.63, 3.8) is 0 Å². The van der Waals surface area contributed by atoms with Gasteiger partial charge in [0.05, 0.1) is 23.5 Å². The van der Waals surface area contributed by atoms with Crippen molar-refractivity contribution in [2.75, 3.05) is 11.0 Å². The second-order valence-corrected chi connectivity index (χ2v) is 11.0. The summed E-state index contributed by atoms with van der Waals surface area (Å²) in [5.41, 5.74) is 7.53. The lowest BCUT2D eigenvalue weighted by Gasteiger charge is -2.14. The molecule has 1 aromatic heterocycles. The van der Waals surface area contributed by atoms with Crippen LogP contribution in [-0.4, -0.2) is 24.2 Å². The largest absolute Gasteiger partial charge is 0.488 e. The van der Waals surface area contributed by atoms with Crippen LogP contribution in [0.4, 0.5) is 5.69 Å². The summed E-state index contributed by atoms with van der Waals surface area (Å²) in [5.74, 6) is 1.67. The number of ether oxygens (including phenoxy) is 1. The summed E-state index contributed by atoms with van der Waals surface area (Å²) in [7, 11) is -3.43. The van der Waals surface area contributed by atoms with Crippen molar-refractivity contribution in [1.82, 2.24) is 9.55 Å². The molecule has 8 heteroatoms. The number of nitrogens with one attached hydrogen (secondary N) is 1. The van der Waals surface area contributed by atoms with Crippen molar-refractivity contribution in [3.8, 4) is 11.8 Å². The molecule has 0 saturated heterocycles. The van der Waals surface area contributed by atoms with Crippen molar-refractivity contribution >= 4 is 32.3 Å². The van der Waals surface area contributed by atoms with Crippen LogP contribution >= 0.6 is 0 Å². The molecule has 1 N–H and O–H groups in total. The molecule has 4 aromatic rings. The Morgan fingerprint density at radius 3 is 2.70 bits per heavy atom. The van der Waals surface area contributed by atoms with Crippen LogP contribution in [-0.2, 0) is 29.6 Å². The monoisotopic (exact) mass is 512 g/mol. The van der Waals surface area contributed by atoms with Gasteiger partial charge in [-0.25, -0.2) is 13.4 Å². The third-order valence-electron chi connectivity index (χ3n) is 6.49. The number of fused-ring (bicyclic) bond motifs is 3. The van der Waals surface area contributed by atoms with Crippen molar-refractivity contribution in [1.29, 1.82) is 5.26 Å². The Bertz CT molecular complexity index is 1690. The maximum atomic E-state index is 11.9. The maximum Gasteiger partial charge on any atom is 0.229 e. The molecule has 3 aromatic carbocycles. The minimum Gasteiger partial charge on any atom is -0.488 e. The van der Waals surface area contributed by atoms with Gasteiger partial charge in [-0.15, -0.1) is 0 Å². The first-order valence-corrected chi connectivity index (χ1v) is 14.1. The smallest absolute Gasteiger partial charge is 0.229 e. The molecule has 0 atom stereocenters. The number of hydrogen-bond acceptors (Lipinski definition) is 5. The number of nitriles is 1. The highest BCUT2D eigenvalue weighted by molar-refractivity contribution is 7.92. The number of hydrogen-bond donors (Lipinski definition) is 1. The second kappa shape index (κ2) is 9.75. The highest BCUT2D eigenvalue weighted by Crippen LogP contribution is 2.39. The summed E-state index contributed by atoms with van der Waals surface area (Å²) in [4.78, 5) is 4.83. The van der Waals surface area contributed by atoms with E-state index in [0.717, 1.165) is 64.0 Å². The maximum absolute atomic E-state index is 11.9. The van der Waals surface area contributed by atoms with Crippen molar-refractivity contribution in [2.24, 2.45) is 0 Å². The third-order valence-corrected chi connectivity index (χ3v) is 7.08. The molecule has 0 bridgehead atoms. The van der Waals surface area contributed by atoms with E-state index in [0.29, 0.717) is 29.9 Å². The molecule has 1 aliphatic rings. The Labute approximate surface area is 217 Å². The minimum absolute atomic E-state index is 0.400. The van der Waals surface area contributed by atoms with Crippen LogP contribution in [0, 0.1) is 11.3 Å². The van der Waals surface area contributed by atoms with Gasteiger partial charge in [0.15, 0.2) is 0 Å². The Kier molecular flexibility index (Phi) is 6.48. The van der Waals surface area contributed by atoms with Gasteiger partial charge in [0.1, 0.15) is 23.7 Å². The number of para-hydroxylation sites is 2. The summed E-state index contributed by atoms with van der Waals surface area (Å²) >= 11 is 0. The number of rotatable bonds is 6. The van der Waals surface area contributed by atoms with Crippen LogP contribution in [0.15, 0.2) is 66.2 Å². The average Bonchev–Trinajstić information content (AvgIpc) is 3.12. The molecular formula is C29H28N4O3S. The summed E-state index contributed by atoms with van der Waals surface area (Å²) in [6.07, 6.45) is 2.82. The SMILES string of the molecule is CCCc1nc2c(NS(C)(=O)=O)cccc2n1Cc1ccc2c(c1)COc1ccccc1/C2=C(/C)C#N. The Morgan fingerprint density at radius 2 is 1.95 bits per heavy atom. The number of benzene rings is 3. The quantitative estimate of drug-likeness (QED) is 0.337. The van der Waals surface area contributed by atoms with E-state index in [1.54, 1.807) is 6.07 Å². The lowest BCUT2D eigenvalue weighted by Crippen LogP contribution is -2.10. The van der Waals surface area contributed by atoms with Gasteiger partial charge >= 0.3 is 0 Å². The Balaban J connectivity index is 1.59. The summed E-state index contributed by atoms with van der Waals surface area (Å²) in [6.45, 7) is 4.91. The van der Waals surface area contributed by atoms with Gasteiger partial charge in [0.25, 0.3) is 0 Å². The minimum atomic E-state index is -3.43. The molecule has 188 valence electrons. The lowest BCUT2D eigenvalue weighted by molar-refractivity contribution is 0.307. The average molecular weight is 513 g/mol.